The minimum Gasteiger partial charge on any atom is -0.114 e. The highest BCUT2D eigenvalue weighted by molar-refractivity contribution is 6.28. The monoisotopic (exact) mass is 354 g/mol. The summed E-state index contributed by atoms with van der Waals surface area (Å²) in [5.41, 5.74) is 3.19. The quantitative estimate of drug-likeness (QED) is 0.446. The Morgan fingerprint density at radius 1 is 0.583 bits per heavy atom. The zero-order valence-corrected chi connectivity index (χ0v) is 15.1. The zero-order chi connectivity index (χ0) is 17.0. The van der Waals surface area contributed by atoms with Gasteiger partial charge in [-0.1, -0.05) is 91.0 Å². The van der Waals surface area contributed by atoms with Crippen LogP contribution < -0.4 is 0 Å². The van der Waals surface area contributed by atoms with Crippen LogP contribution in [0.3, 0.4) is 0 Å². The van der Waals surface area contributed by atoms with Gasteiger partial charge in [0.05, 0.1) is 9.75 Å². The molecule has 3 aromatic rings. The van der Waals surface area contributed by atoms with Crippen LogP contribution in [0.1, 0.15) is 30.0 Å². The molecule has 0 N–H and O–H groups in total. The molecule has 0 aromatic heterocycles. The van der Waals surface area contributed by atoms with E-state index in [4.69, 9.17) is 23.2 Å². The molecule has 0 heterocycles. The normalized spacial score (nSPS) is 14.1. The van der Waals surface area contributed by atoms with E-state index < -0.39 is 9.75 Å². The van der Waals surface area contributed by atoms with Gasteiger partial charge in [0.15, 0.2) is 0 Å². The van der Waals surface area contributed by atoms with Gasteiger partial charge in [-0.15, -0.1) is 23.2 Å². The number of alkyl halides is 2. The summed E-state index contributed by atoms with van der Waals surface area (Å²) in [6, 6.07) is 30.5. The Bertz CT molecular complexity index is 725. The van der Waals surface area contributed by atoms with Crippen LogP contribution in [0, 0.1) is 0 Å². The molecule has 0 amide bonds. The van der Waals surface area contributed by atoms with Crippen LogP contribution in [-0.4, -0.2) is 0 Å². The van der Waals surface area contributed by atoms with Crippen LogP contribution in [0.15, 0.2) is 91.0 Å². The average molecular weight is 355 g/mol. The fourth-order valence-corrected chi connectivity index (χ4v) is 4.03. The van der Waals surface area contributed by atoms with E-state index in [2.05, 4.69) is 36.4 Å². The average Bonchev–Trinajstić information content (AvgIpc) is 2.63. The molecule has 0 aliphatic carbocycles. The number of hydrogen-bond donors (Lipinski definition) is 0. The van der Waals surface area contributed by atoms with Crippen LogP contribution in [0.5, 0.6) is 0 Å². The van der Waals surface area contributed by atoms with E-state index in [-0.39, 0.29) is 0 Å². The third kappa shape index (κ3) is 3.50. The van der Waals surface area contributed by atoms with Gasteiger partial charge in [0, 0.05) is 0 Å². The van der Waals surface area contributed by atoms with Crippen LogP contribution in [-0.2, 0) is 9.75 Å². The van der Waals surface area contributed by atoms with Gasteiger partial charge < -0.3 is 0 Å². The van der Waals surface area contributed by atoms with Gasteiger partial charge in [0.1, 0.15) is 0 Å². The van der Waals surface area contributed by atoms with Gasteiger partial charge in [0.2, 0.25) is 0 Å². The van der Waals surface area contributed by atoms with Gasteiger partial charge in [0.25, 0.3) is 0 Å². The fourth-order valence-electron chi connectivity index (χ4n) is 3.12. The lowest BCUT2D eigenvalue weighted by molar-refractivity contribution is 0.520. The molecule has 2 heteroatoms. The van der Waals surface area contributed by atoms with Crippen molar-refractivity contribution in [3.63, 3.8) is 0 Å². The molecule has 3 aromatic carbocycles. The maximum atomic E-state index is 7.24. The van der Waals surface area contributed by atoms with E-state index in [0.717, 1.165) is 16.7 Å². The molecule has 122 valence electrons. The first kappa shape index (κ1) is 17.1. The van der Waals surface area contributed by atoms with Crippen molar-refractivity contribution in [3.8, 4) is 0 Å². The summed E-state index contributed by atoms with van der Waals surface area (Å²) in [5.74, 6) is 0. The Kier molecular flexibility index (Phi) is 4.99. The minimum absolute atomic E-state index is 0.575. The molecule has 0 nitrogen and oxygen atoms in total. The van der Waals surface area contributed by atoms with Crippen molar-refractivity contribution < 1.29 is 0 Å². The lowest BCUT2D eigenvalue weighted by Gasteiger charge is -2.35. The Morgan fingerprint density at radius 2 is 0.917 bits per heavy atom. The molecule has 1 atom stereocenters. The second-order valence-electron chi connectivity index (χ2n) is 6.27. The fraction of sp³-hybridized carbons (Fsp3) is 0.182. The molecular formula is C22H20Cl2. The summed E-state index contributed by atoms with van der Waals surface area (Å²) in [5, 5.41) is 0. The Labute approximate surface area is 154 Å². The number of benzene rings is 3. The second kappa shape index (κ2) is 7.01. The first-order valence-electron chi connectivity index (χ1n) is 8.07. The van der Waals surface area contributed by atoms with Crippen LogP contribution in [0.4, 0.5) is 0 Å². The summed E-state index contributed by atoms with van der Waals surface area (Å²) in [4.78, 5) is -1.26. The van der Waals surface area contributed by atoms with E-state index >= 15 is 0 Å². The van der Waals surface area contributed by atoms with E-state index in [1.807, 2.05) is 61.5 Å². The van der Waals surface area contributed by atoms with Crippen molar-refractivity contribution in [2.24, 2.45) is 0 Å². The van der Waals surface area contributed by atoms with Crippen LogP contribution in [0.25, 0.3) is 0 Å². The van der Waals surface area contributed by atoms with Gasteiger partial charge in [-0.2, -0.15) is 0 Å². The topological polar surface area (TPSA) is 0 Å². The molecule has 0 aliphatic rings. The van der Waals surface area contributed by atoms with E-state index in [9.17, 15) is 0 Å². The molecule has 1 unspecified atom stereocenters. The Hall–Kier alpha value is -1.76. The first-order chi connectivity index (χ1) is 11.5. The smallest absolute Gasteiger partial charge is 0.0964 e. The molecule has 0 saturated heterocycles. The predicted octanol–water partition coefficient (Wildman–Crippen LogP) is 6.71. The largest absolute Gasteiger partial charge is 0.114 e. The molecule has 0 bridgehead atoms. The molecule has 0 spiro atoms. The third-order valence-corrected chi connectivity index (χ3v) is 5.34. The first-order valence-corrected chi connectivity index (χ1v) is 8.82. The third-order valence-electron chi connectivity index (χ3n) is 4.41. The maximum Gasteiger partial charge on any atom is 0.0964 e. The molecule has 0 saturated carbocycles. The van der Waals surface area contributed by atoms with Crippen molar-refractivity contribution in [2.75, 3.05) is 0 Å². The van der Waals surface area contributed by atoms with Gasteiger partial charge in [-0.3, -0.25) is 0 Å². The molecular weight excluding hydrogens is 335 g/mol. The molecule has 3 rings (SSSR count). The SMILES string of the molecule is CC(Cl)(CC(Cl)(c1ccccc1)c1ccccc1)c1ccccc1. The highest BCUT2D eigenvalue weighted by Crippen LogP contribution is 2.48. The number of halogens is 2. The number of hydrogen-bond acceptors (Lipinski definition) is 0. The molecule has 0 fully saturated rings. The lowest BCUT2D eigenvalue weighted by Crippen LogP contribution is -2.29. The zero-order valence-electron chi connectivity index (χ0n) is 13.6. The molecule has 0 aliphatic heterocycles. The van der Waals surface area contributed by atoms with Gasteiger partial charge in [-0.05, 0) is 30.0 Å². The Balaban J connectivity index is 2.06. The van der Waals surface area contributed by atoms with Crippen molar-refractivity contribution >= 4 is 23.2 Å². The van der Waals surface area contributed by atoms with E-state index in [1.165, 1.54) is 0 Å². The number of rotatable bonds is 5. The summed E-state index contributed by atoms with van der Waals surface area (Å²) < 4.78 is 0. The van der Waals surface area contributed by atoms with Gasteiger partial charge >= 0.3 is 0 Å². The van der Waals surface area contributed by atoms with E-state index in [1.54, 1.807) is 0 Å². The van der Waals surface area contributed by atoms with Crippen LogP contribution in [0.2, 0.25) is 0 Å². The van der Waals surface area contributed by atoms with Crippen molar-refractivity contribution in [2.45, 2.75) is 23.1 Å². The summed E-state index contributed by atoms with van der Waals surface area (Å²) >= 11 is 14.2. The minimum atomic E-state index is -0.686. The van der Waals surface area contributed by atoms with E-state index in [0.29, 0.717) is 6.42 Å². The summed E-state index contributed by atoms with van der Waals surface area (Å²) in [6.07, 6.45) is 0.584. The van der Waals surface area contributed by atoms with Crippen molar-refractivity contribution in [1.29, 1.82) is 0 Å². The molecule has 24 heavy (non-hydrogen) atoms. The lowest BCUT2D eigenvalue weighted by atomic mass is 9.80. The Morgan fingerprint density at radius 3 is 1.29 bits per heavy atom. The summed E-state index contributed by atoms with van der Waals surface area (Å²) in [6.45, 7) is 2.03. The van der Waals surface area contributed by atoms with Crippen molar-refractivity contribution in [3.05, 3.63) is 108 Å². The standard InChI is InChI=1S/C22H20Cl2/c1-21(23,18-11-5-2-6-12-18)17-22(24,19-13-7-3-8-14-19)20-15-9-4-10-16-20/h2-16H,17H2,1H3. The highest BCUT2D eigenvalue weighted by Gasteiger charge is 2.39. The second-order valence-corrected chi connectivity index (χ2v) is 7.75. The van der Waals surface area contributed by atoms with Crippen molar-refractivity contribution in [1.82, 2.24) is 0 Å². The van der Waals surface area contributed by atoms with Crippen LogP contribution >= 0.6 is 23.2 Å². The maximum absolute atomic E-state index is 7.24. The van der Waals surface area contributed by atoms with Gasteiger partial charge in [-0.25, -0.2) is 0 Å². The predicted molar refractivity (Wildman–Crippen MR) is 104 cm³/mol. The summed E-state index contributed by atoms with van der Waals surface area (Å²) in [7, 11) is 0. The highest BCUT2D eigenvalue weighted by atomic mass is 35.5. The molecule has 0 radical (unpaired) electrons.